The van der Waals surface area contributed by atoms with Gasteiger partial charge in [-0.15, -0.1) is 0 Å². The molecular weight excluding hydrogens is 188 g/mol. The van der Waals surface area contributed by atoms with Crippen molar-refractivity contribution in [2.75, 3.05) is 6.54 Å². The fourth-order valence-electron chi connectivity index (χ4n) is 2.16. The van der Waals surface area contributed by atoms with Gasteiger partial charge in [0.1, 0.15) is 5.82 Å². The van der Waals surface area contributed by atoms with Gasteiger partial charge in [0.2, 0.25) is 0 Å². The number of pyridine rings is 1. The van der Waals surface area contributed by atoms with Crippen LogP contribution in [0.5, 0.6) is 0 Å². The fourth-order valence-corrected chi connectivity index (χ4v) is 2.16. The minimum Gasteiger partial charge on any atom is -0.341 e. The number of nitrogens with zero attached hydrogens (tertiary/aromatic N) is 2. The van der Waals surface area contributed by atoms with Crippen LogP contribution in [0.1, 0.15) is 18.7 Å². The van der Waals surface area contributed by atoms with Gasteiger partial charge in [-0.2, -0.15) is 0 Å². The molecule has 0 radical (unpaired) electrons. The first-order valence-electron chi connectivity index (χ1n) is 5.45. The summed E-state index contributed by atoms with van der Waals surface area (Å²) < 4.78 is 0. The molecule has 1 fully saturated rings. The summed E-state index contributed by atoms with van der Waals surface area (Å²) >= 11 is 0. The van der Waals surface area contributed by atoms with E-state index in [1.54, 1.807) is 6.20 Å². The first kappa shape index (κ1) is 8.85. The summed E-state index contributed by atoms with van der Waals surface area (Å²) in [6, 6.07) is 4.53. The monoisotopic (exact) mass is 202 g/mol. The van der Waals surface area contributed by atoms with Gasteiger partial charge in [-0.3, -0.25) is 0 Å². The van der Waals surface area contributed by atoms with Crippen LogP contribution in [-0.2, 0) is 6.42 Å². The third-order valence-electron chi connectivity index (χ3n) is 2.91. The molecule has 3 rings (SSSR count). The Balaban J connectivity index is 1.84. The van der Waals surface area contributed by atoms with Crippen molar-refractivity contribution in [2.24, 2.45) is 0 Å². The van der Waals surface area contributed by atoms with Gasteiger partial charge in [0, 0.05) is 18.7 Å². The van der Waals surface area contributed by atoms with E-state index in [1.165, 1.54) is 12.8 Å². The Morgan fingerprint density at radius 3 is 3.27 bits per heavy atom. The highest BCUT2D eigenvalue weighted by molar-refractivity contribution is 5.69. The van der Waals surface area contributed by atoms with Gasteiger partial charge in [-0.1, -0.05) is 0 Å². The quantitative estimate of drug-likeness (QED) is 0.770. The van der Waals surface area contributed by atoms with E-state index < -0.39 is 0 Å². The molecule has 3 heterocycles. The number of fused-ring (bicyclic) bond motifs is 1. The molecule has 1 atom stereocenters. The highest BCUT2D eigenvalue weighted by atomic mass is 15.0. The molecule has 1 unspecified atom stereocenters. The van der Waals surface area contributed by atoms with E-state index in [2.05, 4.69) is 20.3 Å². The van der Waals surface area contributed by atoms with E-state index >= 15 is 0 Å². The largest absolute Gasteiger partial charge is 0.341 e. The molecule has 0 saturated carbocycles. The average Bonchev–Trinajstić information content (AvgIpc) is 2.86. The lowest BCUT2D eigenvalue weighted by atomic mass is 10.1. The van der Waals surface area contributed by atoms with Gasteiger partial charge >= 0.3 is 0 Å². The predicted molar refractivity (Wildman–Crippen MR) is 58.6 cm³/mol. The van der Waals surface area contributed by atoms with Crippen LogP contribution in [0.4, 0.5) is 0 Å². The Hall–Kier alpha value is -1.42. The lowest BCUT2D eigenvalue weighted by Crippen LogP contribution is -2.24. The van der Waals surface area contributed by atoms with Gasteiger partial charge in [0.15, 0.2) is 5.65 Å². The van der Waals surface area contributed by atoms with Crippen LogP contribution in [0.2, 0.25) is 0 Å². The van der Waals surface area contributed by atoms with E-state index in [9.17, 15) is 0 Å². The molecular formula is C11H14N4. The molecule has 0 aliphatic carbocycles. The minimum atomic E-state index is 0.588. The molecule has 0 bridgehead atoms. The van der Waals surface area contributed by atoms with Gasteiger partial charge < -0.3 is 10.3 Å². The molecule has 2 N–H and O–H groups in total. The van der Waals surface area contributed by atoms with Gasteiger partial charge in [-0.25, -0.2) is 9.97 Å². The van der Waals surface area contributed by atoms with Crippen molar-refractivity contribution in [2.45, 2.75) is 25.3 Å². The second-order valence-electron chi connectivity index (χ2n) is 4.06. The maximum Gasteiger partial charge on any atom is 0.177 e. The molecule has 4 nitrogen and oxygen atoms in total. The molecule has 2 aromatic heterocycles. The van der Waals surface area contributed by atoms with Crippen molar-refractivity contribution in [3.8, 4) is 0 Å². The van der Waals surface area contributed by atoms with Crippen molar-refractivity contribution in [3.63, 3.8) is 0 Å². The summed E-state index contributed by atoms with van der Waals surface area (Å²) in [6.07, 6.45) is 5.30. The van der Waals surface area contributed by atoms with Crippen LogP contribution in [0, 0.1) is 0 Å². The Morgan fingerprint density at radius 2 is 2.47 bits per heavy atom. The van der Waals surface area contributed by atoms with Crippen molar-refractivity contribution in [1.29, 1.82) is 0 Å². The van der Waals surface area contributed by atoms with Crippen molar-refractivity contribution < 1.29 is 0 Å². The zero-order valence-electron chi connectivity index (χ0n) is 8.53. The lowest BCUT2D eigenvalue weighted by molar-refractivity contribution is 0.589. The number of H-pyrrole nitrogens is 1. The maximum atomic E-state index is 4.47. The molecule has 0 amide bonds. The smallest absolute Gasteiger partial charge is 0.177 e. The van der Waals surface area contributed by atoms with E-state index in [0.29, 0.717) is 6.04 Å². The zero-order valence-corrected chi connectivity index (χ0v) is 8.53. The fraction of sp³-hybridized carbons (Fsp3) is 0.455. The van der Waals surface area contributed by atoms with Crippen molar-refractivity contribution in [3.05, 3.63) is 24.2 Å². The second kappa shape index (κ2) is 3.62. The highest BCUT2D eigenvalue weighted by Crippen LogP contribution is 2.13. The van der Waals surface area contributed by atoms with E-state index in [4.69, 9.17) is 0 Å². The van der Waals surface area contributed by atoms with Crippen LogP contribution in [0.15, 0.2) is 18.3 Å². The Labute approximate surface area is 88.1 Å². The van der Waals surface area contributed by atoms with E-state index in [1.807, 2.05) is 12.1 Å². The summed E-state index contributed by atoms with van der Waals surface area (Å²) in [5.41, 5.74) is 1.86. The van der Waals surface area contributed by atoms with Crippen LogP contribution >= 0.6 is 0 Å². The molecule has 15 heavy (non-hydrogen) atoms. The molecule has 1 saturated heterocycles. The van der Waals surface area contributed by atoms with Gasteiger partial charge in [0.05, 0.1) is 5.52 Å². The number of imidazole rings is 1. The molecule has 1 aliphatic rings. The summed E-state index contributed by atoms with van der Waals surface area (Å²) in [7, 11) is 0. The number of aromatic nitrogens is 3. The second-order valence-corrected chi connectivity index (χ2v) is 4.06. The normalized spacial score (nSPS) is 21.2. The van der Waals surface area contributed by atoms with Crippen molar-refractivity contribution >= 4 is 11.2 Å². The molecule has 78 valence electrons. The third kappa shape index (κ3) is 1.72. The SMILES string of the molecule is c1cnc2nc(CC3CCCN3)[nH]c2c1. The number of hydrogen-bond donors (Lipinski definition) is 2. The molecule has 1 aliphatic heterocycles. The number of aromatic amines is 1. The summed E-state index contributed by atoms with van der Waals surface area (Å²) in [4.78, 5) is 12.0. The van der Waals surface area contributed by atoms with Crippen LogP contribution in [0.25, 0.3) is 11.2 Å². The van der Waals surface area contributed by atoms with Gasteiger partial charge in [0.25, 0.3) is 0 Å². The Kier molecular flexibility index (Phi) is 2.14. The van der Waals surface area contributed by atoms with Crippen LogP contribution in [0.3, 0.4) is 0 Å². The third-order valence-corrected chi connectivity index (χ3v) is 2.91. The van der Waals surface area contributed by atoms with Crippen LogP contribution < -0.4 is 5.32 Å². The van der Waals surface area contributed by atoms with Crippen LogP contribution in [-0.4, -0.2) is 27.5 Å². The molecule has 2 aromatic rings. The standard InChI is InChI=1S/C11H14N4/c1-3-8(12-5-1)7-10-14-9-4-2-6-13-11(9)15-10/h2,4,6,8,12H,1,3,5,7H2,(H,13,14,15). The molecule has 0 spiro atoms. The molecule has 0 aromatic carbocycles. The first-order chi connectivity index (χ1) is 7.42. The average molecular weight is 202 g/mol. The number of nitrogens with one attached hydrogen (secondary N) is 2. The zero-order chi connectivity index (χ0) is 10.1. The summed E-state index contributed by atoms with van der Waals surface area (Å²) in [5.74, 6) is 1.04. The molecule has 4 heteroatoms. The maximum absolute atomic E-state index is 4.47. The summed E-state index contributed by atoms with van der Waals surface area (Å²) in [6.45, 7) is 1.14. The van der Waals surface area contributed by atoms with Gasteiger partial charge in [-0.05, 0) is 31.5 Å². The predicted octanol–water partition coefficient (Wildman–Crippen LogP) is 1.25. The highest BCUT2D eigenvalue weighted by Gasteiger charge is 2.16. The Morgan fingerprint density at radius 1 is 1.47 bits per heavy atom. The first-order valence-corrected chi connectivity index (χ1v) is 5.45. The minimum absolute atomic E-state index is 0.588. The summed E-state index contributed by atoms with van der Waals surface area (Å²) in [5, 5.41) is 3.47. The van der Waals surface area contributed by atoms with Crippen molar-refractivity contribution in [1.82, 2.24) is 20.3 Å². The number of hydrogen-bond acceptors (Lipinski definition) is 3. The Bertz CT molecular complexity index is 423. The lowest BCUT2D eigenvalue weighted by Gasteiger charge is -2.06. The topological polar surface area (TPSA) is 53.6 Å². The number of rotatable bonds is 2. The van der Waals surface area contributed by atoms with E-state index in [0.717, 1.165) is 30.0 Å². The van der Waals surface area contributed by atoms with E-state index in [-0.39, 0.29) is 0 Å².